The highest BCUT2D eigenvalue weighted by Crippen LogP contribution is 2.31. The molecule has 5 heteroatoms. The smallest absolute Gasteiger partial charge is 0.239 e. The van der Waals surface area contributed by atoms with Crippen molar-refractivity contribution in [2.75, 3.05) is 20.3 Å². The topological polar surface area (TPSA) is 73.6 Å². The van der Waals surface area contributed by atoms with Crippen LogP contribution in [0.15, 0.2) is 24.3 Å². The predicted octanol–water partition coefficient (Wildman–Crippen LogP) is 0.990. The van der Waals surface area contributed by atoms with E-state index >= 15 is 0 Å². The van der Waals surface area contributed by atoms with Gasteiger partial charge >= 0.3 is 0 Å². The molecular weight excluding hydrogens is 244 g/mol. The molecule has 0 bridgehead atoms. The first-order valence-electron chi connectivity index (χ1n) is 6.49. The summed E-state index contributed by atoms with van der Waals surface area (Å²) in [5.41, 5.74) is 6.75. The van der Waals surface area contributed by atoms with Gasteiger partial charge in [0, 0.05) is 12.7 Å². The molecule has 1 aromatic carbocycles. The van der Waals surface area contributed by atoms with E-state index in [4.69, 9.17) is 15.2 Å². The van der Waals surface area contributed by atoms with Crippen LogP contribution >= 0.6 is 0 Å². The lowest BCUT2D eigenvalue weighted by molar-refractivity contribution is -0.124. The summed E-state index contributed by atoms with van der Waals surface area (Å²) < 4.78 is 10.6. The van der Waals surface area contributed by atoms with Gasteiger partial charge in [0.25, 0.3) is 0 Å². The molecular formula is C14H20N2O3. The first kappa shape index (κ1) is 13.8. The number of hydrogen-bond acceptors (Lipinski definition) is 4. The summed E-state index contributed by atoms with van der Waals surface area (Å²) in [6.45, 7) is 0.893. The number of methoxy groups -OCH3 is 1. The Balaban J connectivity index is 2.09. The number of nitrogens with one attached hydrogen (secondary N) is 1. The van der Waals surface area contributed by atoms with Gasteiger partial charge in [0.2, 0.25) is 5.91 Å². The van der Waals surface area contributed by atoms with E-state index in [1.807, 2.05) is 24.3 Å². The molecule has 3 N–H and O–H groups in total. The molecule has 0 saturated carbocycles. The van der Waals surface area contributed by atoms with Crippen LogP contribution in [0.5, 0.6) is 5.75 Å². The average Bonchev–Trinajstić information content (AvgIpc) is 2.62. The van der Waals surface area contributed by atoms with Crippen molar-refractivity contribution in [2.45, 2.75) is 24.9 Å². The maximum atomic E-state index is 12.0. The van der Waals surface area contributed by atoms with E-state index in [2.05, 4.69) is 5.32 Å². The summed E-state index contributed by atoms with van der Waals surface area (Å²) in [5.74, 6) is 0.647. The van der Waals surface area contributed by atoms with Crippen molar-refractivity contribution in [1.29, 1.82) is 0 Å². The van der Waals surface area contributed by atoms with Crippen LogP contribution in [0.4, 0.5) is 0 Å². The molecule has 1 aliphatic heterocycles. The summed E-state index contributed by atoms with van der Waals surface area (Å²) in [7, 11) is 1.53. The Labute approximate surface area is 113 Å². The molecule has 0 spiro atoms. The maximum absolute atomic E-state index is 12.0. The van der Waals surface area contributed by atoms with Crippen molar-refractivity contribution in [3.05, 3.63) is 29.8 Å². The standard InChI is InChI=1S/C14H20N2O3/c1-18-9-11(15)14(17)16-12-6-4-8-19-13-7-3-2-5-10(12)13/h2-3,5,7,11-12H,4,6,8-9,15H2,1H3,(H,16,17). The zero-order valence-corrected chi connectivity index (χ0v) is 11.1. The van der Waals surface area contributed by atoms with Gasteiger partial charge in [-0.2, -0.15) is 0 Å². The molecule has 0 aromatic heterocycles. The molecule has 104 valence electrons. The first-order chi connectivity index (χ1) is 9.22. The molecule has 5 nitrogen and oxygen atoms in total. The summed E-state index contributed by atoms with van der Waals surface area (Å²) in [4.78, 5) is 12.0. The molecule has 1 aliphatic rings. The highest BCUT2D eigenvalue weighted by molar-refractivity contribution is 5.82. The third-order valence-corrected chi connectivity index (χ3v) is 3.19. The SMILES string of the molecule is COCC(N)C(=O)NC1CCCOc2ccccc21. The maximum Gasteiger partial charge on any atom is 0.239 e. The number of carbonyl (C=O) groups excluding carboxylic acids is 1. The Bertz CT molecular complexity index is 436. The van der Waals surface area contributed by atoms with E-state index in [1.54, 1.807) is 0 Å². The van der Waals surface area contributed by atoms with Gasteiger partial charge in [0.05, 0.1) is 19.3 Å². The van der Waals surface area contributed by atoms with Crippen LogP contribution in [0, 0.1) is 0 Å². The Morgan fingerprint density at radius 2 is 2.37 bits per heavy atom. The molecule has 19 heavy (non-hydrogen) atoms. The van der Waals surface area contributed by atoms with Gasteiger partial charge < -0.3 is 20.5 Å². The van der Waals surface area contributed by atoms with E-state index in [-0.39, 0.29) is 18.6 Å². The third kappa shape index (κ3) is 3.45. The number of amides is 1. The zero-order valence-electron chi connectivity index (χ0n) is 11.1. The zero-order chi connectivity index (χ0) is 13.7. The van der Waals surface area contributed by atoms with E-state index in [0.29, 0.717) is 6.61 Å². The summed E-state index contributed by atoms with van der Waals surface area (Å²) in [6.07, 6.45) is 1.75. The average molecular weight is 264 g/mol. The molecule has 0 aliphatic carbocycles. The summed E-state index contributed by atoms with van der Waals surface area (Å²) in [6, 6.07) is 7.10. The normalized spacial score (nSPS) is 19.8. The van der Waals surface area contributed by atoms with Crippen molar-refractivity contribution in [2.24, 2.45) is 5.73 Å². The number of hydrogen-bond donors (Lipinski definition) is 2. The highest BCUT2D eigenvalue weighted by atomic mass is 16.5. The molecule has 0 radical (unpaired) electrons. The lowest BCUT2D eigenvalue weighted by atomic mass is 10.0. The minimum Gasteiger partial charge on any atom is -0.493 e. The molecule has 0 fully saturated rings. The molecule has 0 saturated heterocycles. The predicted molar refractivity (Wildman–Crippen MR) is 71.9 cm³/mol. The molecule has 1 heterocycles. The fourth-order valence-corrected chi connectivity index (χ4v) is 2.21. The van der Waals surface area contributed by atoms with Gasteiger partial charge in [-0.1, -0.05) is 18.2 Å². The Kier molecular flexibility index (Phi) is 4.76. The lowest BCUT2D eigenvalue weighted by Gasteiger charge is -2.20. The van der Waals surface area contributed by atoms with E-state index in [9.17, 15) is 4.79 Å². The third-order valence-electron chi connectivity index (χ3n) is 3.19. The number of para-hydroxylation sites is 1. The first-order valence-corrected chi connectivity index (χ1v) is 6.49. The monoisotopic (exact) mass is 264 g/mol. The quantitative estimate of drug-likeness (QED) is 0.850. The second kappa shape index (κ2) is 6.54. The van der Waals surface area contributed by atoms with Gasteiger partial charge in [-0.05, 0) is 18.9 Å². The summed E-state index contributed by atoms with van der Waals surface area (Å²) >= 11 is 0. The van der Waals surface area contributed by atoms with Gasteiger partial charge in [-0.15, -0.1) is 0 Å². The van der Waals surface area contributed by atoms with E-state index in [1.165, 1.54) is 7.11 Å². The highest BCUT2D eigenvalue weighted by Gasteiger charge is 2.23. The molecule has 2 atom stereocenters. The van der Waals surface area contributed by atoms with Crippen LogP contribution in [0.3, 0.4) is 0 Å². The Morgan fingerprint density at radius 1 is 1.58 bits per heavy atom. The molecule has 1 amide bonds. The second-order valence-electron chi connectivity index (χ2n) is 4.65. The van der Waals surface area contributed by atoms with Crippen molar-refractivity contribution in [1.82, 2.24) is 5.32 Å². The van der Waals surface area contributed by atoms with Crippen molar-refractivity contribution < 1.29 is 14.3 Å². The minimum absolute atomic E-state index is 0.0471. The molecule has 1 aromatic rings. The fourth-order valence-electron chi connectivity index (χ4n) is 2.21. The molecule has 2 unspecified atom stereocenters. The van der Waals surface area contributed by atoms with Gasteiger partial charge in [0.1, 0.15) is 11.8 Å². The van der Waals surface area contributed by atoms with E-state index in [0.717, 1.165) is 24.2 Å². The van der Waals surface area contributed by atoms with Crippen LogP contribution in [-0.2, 0) is 9.53 Å². The largest absolute Gasteiger partial charge is 0.493 e. The van der Waals surface area contributed by atoms with Crippen molar-refractivity contribution >= 4 is 5.91 Å². The second-order valence-corrected chi connectivity index (χ2v) is 4.65. The van der Waals surface area contributed by atoms with Gasteiger partial charge in [0.15, 0.2) is 0 Å². The van der Waals surface area contributed by atoms with Crippen molar-refractivity contribution in [3.8, 4) is 5.75 Å². The number of benzene rings is 1. The number of carbonyl (C=O) groups is 1. The number of nitrogens with two attached hydrogens (primary N) is 1. The summed E-state index contributed by atoms with van der Waals surface area (Å²) in [5, 5.41) is 2.98. The van der Waals surface area contributed by atoms with Crippen LogP contribution in [0.2, 0.25) is 0 Å². The Morgan fingerprint density at radius 3 is 3.16 bits per heavy atom. The van der Waals surface area contributed by atoms with Crippen LogP contribution in [0.25, 0.3) is 0 Å². The Hall–Kier alpha value is -1.59. The number of fused-ring (bicyclic) bond motifs is 1. The fraction of sp³-hybridized carbons (Fsp3) is 0.500. The number of ether oxygens (including phenoxy) is 2. The van der Waals surface area contributed by atoms with E-state index < -0.39 is 6.04 Å². The lowest BCUT2D eigenvalue weighted by Crippen LogP contribution is -2.44. The van der Waals surface area contributed by atoms with Crippen molar-refractivity contribution in [3.63, 3.8) is 0 Å². The molecule has 2 rings (SSSR count). The van der Waals surface area contributed by atoms with Gasteiger partial charge in [-0.3, -0.25) is 4.79 Å². The van der Waals surface area contributed by atoms with Crippen LogP contribution in [-0.4, -0.2) is 32.3 Å². The van der Waals surface area contributed by atoms with Gasteiger partial charge in [-0.25, -0.2) is 0 Å². The van der Waals surface area contributed by atoms with Crippen LogP contribution in [0.1, 0.15) is 24.4 Å². The minimum atomic E-state index is -0.638. The number of rotatable bonds is 4. The van der Waals surface area contributed by atoms with Crippen LogP contribution < -0.4 is 15.8 Å².